The number of nitrogens with zero attached hydrogens (tertiary/aromatic N) is 1. The Labute approximate surface area is 106 Å². The molecule has 0 aliphatic heterocycles. The Morgan fingerprint density at radius 3 is 2.53 bits per heavy atom. The maximum atomic E-state index is 11.1. The number of hydrogen-bond donors (Lipinski definition) is 2. The summed E-state index contributed by atoms with van der Waals surface area (Å²) in [6.07, 6.45) is 2.41. The zero-order chi connectivity index (χ0) is 13.0. The van der Waals surface area contributed by atoms with E-state index in [9.17, 15) is 4.79 Å². The van der Waals surface area contributed by atoms with E-state index in [1.807, 2.05) is 20.0 Å². The van der Waals surface area contributed by atoms with Gasteiger partial charge in [0.2, 0.25) is 0 Å². The summed E-state index contributed by atoms with van der Waals surface area (Å²) in [6, 6.07) is -0.554. The Morgan fingerprint density at radius 1 is 1.47 bits per heavy atom. The molecule has 0 unspecified atom stereocenters. The van der Waals surface area contributed by atoms with Crippen LogP contribution in [0.25, 0.3) is 0 Å². The van der Waals surface area contributed by atoms with Gasteiger partial charge in [-0.1, -0.05) is 27.7 Å². The minimum Gasteiger partial charge on any atom is -0.480 e. The lowest BCUT2D eigenvalue weighted by atomic mass is 10.0. The molecule has 96 valence electrons. The predicted molar refractivity (Wildman–Crippen MR) is 70.7 cm³/mol. The number of carbonyl (C=O) groups is 1. The third kappa shape index (κ3) is 4.34. The second-order valence-corrected chi connectivity index (χ2v) is 5.95. The zero-order valence-corrected chi connectivity index (χ0v) is 11.5. The first-order valence-electron chi connectivity index (χ1n) is 5.85. The Balaban J connectivity index is 2.68. The van der Waals surface area contributed by atoms with Crippen molar-refractivity contribution in [2.45, 2.75) is 46.1 Å². The molecule has 1 rings (SSSR count). The van der Waals surface area contributed by atoms with Crippen LogP contribution >= 0.6 is 11.3 Å². The van der Waals surface area contributed by atoms with Gasteiger partial charge < -0.3 is 10.4 Å². The van der Waals surface area contributed by atoms with Crippen molar-refractivity contribution in [3.05, 3.63) is 11.1 Å². The number of hydrogen-bond acceptors (Lipinski definition) is 4. The summed E-state index contributed by atoms with van der Waals surface area (Å²) in [7, 11) is 0. The highest BCUT2D eigenvalue weighted by Crippen LogP contribution is 2.26. The number of aliphatic carboxylic acids is 1. The molecule has 1 aromatic rings. The largest absolute Gasteiger partial charge is 0.480 e. The van der Waals surface area contributed by atoms with Crippen LogP contribution in [0.3, 0.4) is 0 Å². The topological polar surface area (TPSA) is 62.2 Å². The maximum absolute atomic E-state index is 11.1. The van der Waals surface area contributed by atoms with Crippen LogP contribution < -0.4 is 5.32 Å². The number of aromatic nitrogens is 1. The molecule has 0 amide bonds. The van der Waals surface area contributed by atoms with Gasteiger partial charge in [-0.05, 0) is 18.3 Å². The number of nitrogens with one attached hydrogen (secondary N) is 1. The first kappa shape index (κ1) is 14.0. The maximum Gasteiger partial charge on any atom is 0.326 e. The highest BCUT2D eigenvalue weighted by molar-refractivity contribution is 7.15. The molecule has 0 radical (unpaired) electrons. The van der Waals surface area contributed by atoms with Crippen molar-refractivity contribution in [2.75, 3.05) is 5.32 Å². The van der Waals surface area contributed by atoms with Crippen LogP contribution in [0.5, 0.6) is 0 Å². The fourth-order valence-corrected chi connectivity index (χ4v) is 2.33. The lowest BCUT2D eigenvalue weighted by Crippen LogP contribution is -2.30. The van der Waals surface area contributed by atoms with E-state index in [0.717, 1.165) is 0 Å². The SMILES string of the molecule is CC(C)C[C@@H](Nc1ncc(C(C)C)s1)C(=O)O. The van der Waals surface area contributed by atoms with E-state index in [4.69, 9.17) is 5.11 Å². The molecule has 0 aliphatic rings. The van der Waals surface area contributed by atoms with Crippen LogP contribution in [0.2, 0.25) is 0 Å². The highest BCUT2D eigenvalue weighted by atomic mass is 32.1. The van der Waals surface area contributed by atoms with Crippen LogP contribution in [0.4, 0.5) is 5.13 Å². The summed E-state index contributed by atoms with van der Waals surface area (Å²) >= 11 is 1.53. The van der Waals surface area contributed by atoms with E-state index in [1.165, 1.54) is 16.2 Å². The van der Waals surface area contributed by atoms with Gasteiger partial charge in [0.05, 0.1) is 0 Å². The average Bonchev–Trinajstić information content (AvgIpc) is 2.64. The molecule has 5 heteroatoms. The average molecular weight is 256 g/mol. The van der Waals surface area contributed by atoms with Gasteiger partial charge in [-0.25, -0.2) is 9.78 Å². The molecular formula is C12H20N2O2S. The molecule has 0 saturated carbocycles. The van der Waals surface area contributed by atoms with E-state index in [2.05, 4.69) is 24.1 Å². The minimum absolute atomic E-state index is 0.341. The molecule has 0 saturated heterocycles. The Morgan fingerprint density at radius 2 is 2.12 bits per heavy atom. The quantitative estimate of drug-likeness (QED) is 0.820. The summed E-state index contributed by atoms with van der Waals surface area (Å²) in [5.74, 6) is -0.0513. The minimum atomic E-state index is -0.819. The third-order valence-electron chi connectivity index (χ3n) is 2.40. The van der Waals surface area contributed by atoms with E-state index in [1.54, 1.807) is 0 Å². The van der Waals surface area contributed by atoms with Crippen molar-refractivity contribution in [3.8, 4) is 0 Å². The molecule has 0 aromatic carbocycles. The van der Waals surface area contributed by atoms with Crippen LogP contribution in [0.1, 0.15) is 44.9 Å². The van der Waals surface area contributed by atoms with Gasteiger partial charge in [0, 0.05) is 11.1 Å². The van der Waals surface area contributed by atoms with E-state index in [-0.39, 0.29) is 0 Å². The first-order valence-corrected chi connectivity index (χ1v) is 6.66. The summed E-state index contributed by atoms with van der Waals surface area (Å²) in [5, 5.41) is 12.8. The predicted octanol–water partition coefficient (Wildman–Crippen LogP) is 3.18. The Kier molecular flexibility index (Phi) is 4.93. The van der Waals surface area contributed by atoms with Gasteiger partial charge in [0.25, 0.3) is 0 Å². The van der Waals surface area contributed by atoms with Crippen molar-refractivity contribution in [2.24, 2.45) is 5.92 Å². The number of anilines is 1. The van der Waals surface area contributed by atoms with Crippen molar-refractivity contribution in [3.63, 3.8) is 0 Å². The van der Waals surface area contributed by atoms with Crippen LogP contribution in [0.15, 0.2) is 6.20 Å². The van der Waals surface area contributed by atoms with Gasteiger partial charge in [-0.15, -0.1) is 11.3 Å². The van der Waals surface area contributed by atoms with Gasteiger partial charge in [-0.2, -0.15) is 0 Å². The van der Waals surface area contributed by atoms with E-state index in [0.29, 0.717) is 23.4 Å². The number of carboxylic acids is 1. The smallest absolute Gasteiger partial charge is 0.326 e. The fourth-order valence-electron chi connectivity index (χ4n) is 1.46. The highest BCUT2D eigenvalue weighted by Gasteiger charge is 2.20. The van der Waals surface area contributed by atoms with Crippen molar-refractivity contribution >= 4 is 22.4 Å². The van der Waals surface area contributed by atoms with Gasteiger partial charge in [-0.3, -0.25) is 0 Å². The second-order valence-electron chi connectivity index (χ2n) is 4.89. The Hall–Kier alpha value is -1.10. The third-order valence-corrected chi connectivity index (χ3v) is 3.62. The molecule has 1 atom stereocenters. The van der Waals surface area contributed by atoms with E-state index >= 15 is 0 Å². The van der Waals surface area contributed by atoms with Crippen LogP contribution in [-0.4, -0.2) is 22.1 Å². The molecule has 4 nitrogen and oxygen atoms in total. The van der Waals surface area contributed by atoms with Crippen molar-refractivity contribution in [1.82, 2.24) is 4.98 Å². The van der Waals surface area contributed by atoms with Crippen molar-refractivity contribution in [1.29, 1.82) is 0 Å². The molecule has 0 aliphatic carbocycles. The fraction of sp³-hybridized carbons (Fsp3) is 0.667. The standard InChI is InChI=1S/C12H20N2O2S/c1-7(2)5-9(11(15)16)14-12-13-6-10(17-12)8(3)4/h6-9H,5H2,1-4H3,(H,13,14)(H,15,16)/t9-/m1/s1. The lowest BCUT2D eigenvalue weighted by Gasteiger charge is -2.15. The molecule has 1 heterocycles. The second kappa shape index (κ2) is 6.00. The first-order chi connectivity index (χ1) is 7.90. The molecule has 2 N–H and O–H groups in total. The normalized spacial score (nSPS) is 13.1. The zero-order valence-electron chi connectivity index (χ0n) is 10.7. The van der Waals surface area contributed by atoms with E-state index < -0.39 is 12.0 Å². The summed E-state index contributed by atoms with van der Waals surface area (Å²) in [6.45, 7) is 8.22. The van der Waals surface area contributed by atoms with Gasteiger partial charge >= 0.3 is 5.97 Å². The van der Waals surface area contributed by atoms with Crippen molar-refractivity contribution < 1.29 is 9.90 Å². The molecule has 0 bridgehead atoms. The van der Waals surface area contributed by atoms with Crippen LogP contribution in [-0.2, 0) is 4.79 Å². The molecule has 0 spiro atoms. The van der Waals surface area contributed by atoms with Gasteiger partial charge in [0.15, 0.2) is 5.13 Å². The Bertz CT molecular complexity index is 374. The molecule has 17 heavy (non-hydrogen) atoms. The monoisotopic (exact) mass is 256 g/mol. The summed E-state index contributed by atoms with van der Waals surface area (Å²) < 4.78 is 0. The molecular weight excluding hydrogens is 236 g/mol. The van der Waals surface area contributed by atoms with Crippen LogP contribution in [0, 0.1) is 5.92 Å². The molecule has 0 fully saturated rings. The molecule has 1 aromatic heterocycles. The van der Waals surface area contributed by atoms with Gasteiger partial charge in [0.1, 0.15) is 6.04 Å². The number of carboxylic acid groups (broad SMARTS) is 1. The lowest BCUT2D eigenvalue weighted by molar-refractivity contribution is -0.138. The number of thiazole rings is 1. The summed E-state index contributed by atoms with van der Waals surface area (Å²) in [4.78, 5) is 16.5. The summed E-state index contributed by atoms with van der Waals surface area (Å²) in [5.41, 5.74) is 0. The number of rotatable bonds is 6.